The monoisotopic (exact) mass is 259 g/mol. The first-order valence-electron chi connectivity index (χ1n) is 4.11. The quantitative estimate of drug-likeness (QED) is 0.828. The molecule has 0 aliphatic heterocycles. The third-order valence-electron chi connectivity index (χ3n) is 1.71. The van der Waals surface area contributed by atoms with Crippen molar-refractivity contribution in [2.75, 3.05) is 0 Å². The summed E-state index contributed by atoms with van der Waals surface area (Å²) in [5.41, 5.74) is 5.35. The predicted molar refractivity (Wildman–Crippen MR) is 52.9 cm³/mol. The van der Waals surface area contributed by atoms with Gasteiger partial charge in [-0.05, 0) is 13.0 Å². The Morgan fingerprint density at radius 2 is 1.88 bits per heavy atom. The molecule has 1 aromatic rings. The number of benzene rings is 1. The van der Waals surface area contributed by atoms with Crippen LogP contribution >= 0.6 is 12.4 Å². The Kier molecular flexibility index (Phi) is 5.02. The van der Waals surface area contributed by atoms with Crippen molar-refractivity contribution in [3.05, 3.63) is 29.6 Å². The van der Waals surface area contributed by atoms with Crippen molar-refractivity contribution < 1.29 is 22.3 Å². The lowest BCUT2D eigenvalue weighted by Gasteiger charge is -2.13. The standard InChI is InChI=1S/C9H9F4NO.ClH/c1-5(14)6-3-2-4-7(8(6)10)15-9(11,12)13;/h2-5H,14H2,1H3;1H. The van der Waals surface area contributed by atoms with Gasteiger partial charge in [0, 0.05) is 11.6 Å². The van der Waals surface area contributed by atoms with E-state index in [0.717, 1.165) is 6.07 Å². The summed E-state index contributed by atoms with van der Waals surface area (Å²) in [7, 11) is 0. The van der Waals surface area contributed by atoms with E-state index in [9.17, 15) is 17.6 Å². The Morgan fingerprint density at radius 1 is 1.31 bits per heavy atom. The molecule has 0 heterocycles. The second-order valence-electron chi connectivity index (χ2n) is 3.00. The fourth-order valence-electron chi connectivity index (χ4n) is 1.08. The Labute approximate surface area is 95.8 Å². The molecule has 0 spiro atoms. The molecule has 0 radical (unpaired) electrons. The van der Waals surface area contributed by atoms with Gasteiger partial charge in [-0.1, -0.05) is 12.1 Å². The molecule has 2 N–H and O–H groups in total. The van der Waals surface area contributed by atoms with E-state index in [1.807, 2.05) is 0 Å². The van der Waals surface area contributed by atoms with E-state index in [4.69, 9.17) is 5.73 Å². The Morgan fingerprint density at radius 3 is 2.31 bits per heavy atom. The molecule has 7 heteroatoms. The van der Waals surface area contributed by atoms with E-state index in [0.29, 0.717) is 0 Å². The first kappa shape index (κ1) is 15.0. The molecule has 0 saturated carbocycles. The van der Waals surface area contributed by atoms with Crippen molar-refractivity contribution in [2.24, 2.45) is 5.73 Å². The van der Waals surface area contributed by atoms with Crippen LogP contribution in [0.3, 0.4) is 0 Å². The van der Waals surface area contributed by atoms with Gasteiger partial charge in [0.05, 0.1) is 0 Å². The molecule has 0 saturated heterocycles. The highest BCUT2D eigenvalue weighted by Crippen LogP contribution is 2.28. The second kappa shape index (κ2) is 5.36. The van der Waals surface area contributed by atoms with E-state index >= 15 is 0 Å². The second-order valence-corrected chi connectivity index (χ2v) is 3.00. The van der Waals surface area contributed by atoms with Crippen LogP contribution in [0.1, 0.15) is 18.5 Å². The minimum absolute atomic E-state index is 0. The fraction of sp³-hybridized carbons (Fsp3) is 0.333. The predicted octanol–water partition coefficient (Wildman–Crippen LogP) is 3.17. The summed E-state index contributed by atoms with van der Waals surface area (Å²) in [6, 6.07) is 2.77. The number of ether oxygens (including phenoxy) is 1. The maximum Gasteiger partial charge on any atom is 0.573 e. The third kappa shape index (κ3) is 3.86. The van der Waals surface area contributed by atoms with Gasteiger partial charge in [-0.15, -0.1) is 25.6 Å². The van der Waals surface area contributed by atoms with Crippen molar-refractivity contribution >= 4 is 12.4 Å². The molecule has 1 unspecified atom stereocenters. The van der Waals surface area contributed by atoms with Gasteiger partial charge in [0.15, 0.2) is 11.6 Å². The smallest absolute Gasteiger partial charge is 0.403 e. The summed E-state index contributed by atoms with van der Waals surface area (Å²) in [6.07, 6.45) is -4.91. The van der Waals surface area contributed by atoms with E-state index in [1.54, 1.807) is 0 Å². The zero-order valence-electron chi connectivity index (χ0n) is 8.22. The molecule has 0 fully saturated rings. The lowest BCUT2D eigenvalue weighted by atomic mass is 10.1. The van der Waals surface area contributed by atoms with Gasteiger partial charge >= 0.3 is 6.36 Å². The molecule has 0 amide bonds. The molecule has 16 heavy (non-hydrogen) atoms. The molecule has 92 valence electrons. The Bertz CT molecular complexity index is 354. The third-order valence-corrected chi connectivity index (χ3v) is 1.71. The lowest BCUT2D eigenvalue weighted by molar-refractivity contribution is -0.275. The van der Waals surface area contributed by atoms with Crippen LogP contribution in [0.2, 0.25) is 0 Å². The van der Waals surface area contributed by atoms with Crippen molar-refractivity contribution in [1.29, 1.82) is 0 Å². The summed E-state index contributed by atoms with van der Waals surface area (Å²) in [6.45, 7) is 1.47. The minimum atomic E-state index is -4.91. The largest absolute Gasteiger partial charge is 0.573 e. The van der Waals surface area contributed by atoms with Crippen LogP contribution in [0.5, 0.6) is 5.75 Å². The lowest BCUT2D eigenvalue weighted by Crippen LogP contribution is -2.19. The number of rotatable bonds is 2. The van der Waals surface area contributed by atoms with Crippen LogP contribution in [-0.2, 0) is 0 Å². The molecular weight excluding hydrogens is 250 g/mol. The van der Waals surface area contributed by atoms with Gasteiger partial charge in [-0.3, -0.25) is 0 Å². The van der Waals surface area contributed by atoms with Gasteiger partial charge < -0.3 is 10.5 Å². The molecule has 2 nitrogen and oxygen atoms in total. The highest BCUT2D eigenvalue weighted by Gasteiger charge is 2.32. The van der Waals surface area contributed by atoms with Crippen molar-refractivity contribution in [1.82, 2.24) is 0 Å². The van der Waals surface area contributed by atoms with Crippen LogP contribution in [0.25, 0.3) is 0 Å². The highest BCUT2D eigenvalue weighted by atomic mass is 35.5. The maximum absolute atomic E-state index is 13.3. The topological polar surface area (TPSA) is 35.2 Å². The Balaban J connectivity index is 0.00000225. The zero-order chi connectivity index (χ0) is 11.6. The minimum Gasteiger partial charge on any atom is -0.403 e. The Hall–Kier alpha value is -1.01. The van der Waals surface area contributed by atoms with E-state index in [-0.39, 0.29) is 18.0 Å². The van der Waals surface area contributed by atoms with E-state index in [2.05, 4.69) is 4.74 Å². The van der Waals surface area contributed by atoms with Gasteiger partial charge in [0.1, 0.15) is 0 Å². The van der Waals surface area contributed by atoms with Crippen molar-refractivity contribution in [3.63, 3.8) is 0 Å². The fourth-order valence-corrected chi connectivity index (χ4v) is 1.08. The highest BCUT2D eigenvalue weighted by molar-refractivity contribution is 5.85. The first-order valence-corrected chi connectivity index (χ1v) is 4.11. The van der Waals surface area contributed by atoms with Gasteiger partial charge in [0.2, 0.25) is 0 Å². The summed E-state index contributed by atoms with van der Waals surface area (Å²) in [5.74, 6) is -1.94. The van der Waals surface area contributed by atoms with Gasteiger partial charge in [0.25, 0.3) is 0 Å². The molecular formula is C9H10ClF4NO. The average molecular weight is 260 g/mol. The van der Waals surface area contributed by atoms with E-state index < -0.39 is 24.0 Å². The SMILES string of the molecule is CC(N)c1cccc(OC(F)(F)F)c1F.Cl. The molecule has 1 aromatic carbocycles. The molecule has 0 aliphatic rings. The summed E-state index contributed by atoms with van der Waals surface area (Å²) in [4.78, 5) is 0. The zero-order valence-corrected chi connectivity index (χ0v) is 9.03. The van der Waals surface area contributed by atoms with Crippen LogP contribution in [0.15, 0.2) is 18.2 Å². The van der Waals surface area contributed by atoms with E-state index in [1.165, 1.54) is 19.1 Å². The number of halogens is 5. The molecule has 0 aliphatic carbocycles. The number of hydrogen-bond acceptors (Lipinski definition) is 2. The normalized spacial score (nSPS) is 12.9. The molecule has 0 bridgehead atoms. The van der Waals surface area contributed by atoms with Crippen LogP contribution in [0, 0.1) is 5.82 Å². The summed E-state index contributed by atoms with van der Waals surface area (Å²) < 4.78 is 52.3. The average Bonchev–Trinajstić information content (AvgIpc) is 2.05. The number of alkyl halides is 3. The molecule has 1 atom stereocenters. The molecule has 0 aromatic heterocycles. The van der Waals surface area contributed by atoms with Gasteiger partial charge in [-0.25, -0.2) is 4.39 Å². The van der Waals surface area contributed by atoms with Crippen molar-refractivity contribution in [3.8, 4) is 5.75 Å². The van der Waals surface area contributed by atoms with Crippen LogP contribution < -0.4 is 10.5 Å². The van der Waals surface area contributed by atoms with Gasteiger partial charge in [-0.2, -0.15) is 0 Å². The number of hydrogen-bond donors (Lipinski definition) is 1. The maximum atomic E-state index is 13.3. The van der Waals surface area contributed by atoms with Crippen LogP contribution in [-0.4, -0.2) is 6.36 Å². The van der Waals surface area contributed by atoms with Crippen LogP contribution in [0.4, 0.5) is 17.6 Å². The summed E-state index contributed by atoms with van der Waals surface area (Å²) in [5, 5.41) is 0. The first-order chi connectivity index (χ1) is 6.81. The molecule has 1 rings (SSSR count). The van der Waals surface area contributed by atoms with Crippen molar-refractivity contribution in [2.45, 2.75) is 19.3 Å². The number of nitrogens with two attached hydrogens (primary N) is 1. The summed E-state index contributed by atoms with van der Waals surface area (Å²) >= 11 is 0.